The van der Waals surface area contributed by atoms with Gasteiger partial charge in [-0.05, 0) is 13.8 Å². The Morgan fingerprint density at radius 3 is 2.67 bits per heavy atom. The van der Waals surface area contributed by atoms with Gasteiger partial charge in [-0.3, -0.25) is 4.99 Å². The number of hydrogen-bond acceptors (Lipinski definition) is 6. The van der Waals surface area contributed by atoms with Gasteiger partial charge in [0.05, 0.1) is 4.75 Å². The number of hydrogen-bond donors (Lipinski definition) is 1. The Hall–Kier alpha value is -1.79. The molecule has 0 spiro atoms. The monoisotopic (exact) mass is 307 g/mol. The standard InChI is InChI=1S/C14H17N3OS.CH4O/c1-5-6-11(7-15-4)12-8-16-10-17-13(12)19-14(2,3)9-18;1-2/h5-10H,1H2,2-4H3;2H,1H3/b11-6+,15-7?;. The van der Waals surface area contributed by atoms with Crippen molar-refractivity contribution < 1.29 is 9.90 Å². The highest BCUT2D eigenvalue weighted by Crippen LogP contribution is 2.33. The van der Waals surface area contributed by atoms with Gasteiger partial charge >= 0.3 is 0 Å². The third kappa shape index (κ3) is 6.46. The molecule has 0 aromatic carbocycles. The molecule has 0 aliphatic carbocycles. The van der Waals surface area contributed by atoms with E-state index in [1.54, 1.807) is 25.5 Å². The van der Waals surface area contributed by atoms with E-state index in [2.05, 4.69) is 21.5 Å². The Balaban J connectivity index is 0.00000191. The van der Waals surface area contributed by atoms with Crippen molar-refractivity contribution in [3.63, 3.8) is 0 Å². The number of nitrogens with zero attached hydrogens (tertiary/aromatic N) is 3. The molecule has 0 fully saturated rings. The van der Waals surface area contributed by atoms with Crippen LogP contribution < -0.4 is 0 Å². The van der Waals surface area contributed by atoms with E-state index in [9.17, 15) is 4.79 Å². The molecule has 114 valence electrons. The van der Waals surface area contributed by atoms with Crippen LogP contribution in [0.15, 0.2) is 41.3 Å². The minimum Gasteiger partial charge on any atom is -0.400 e. The number of carbonyl (C=O) groups is 1. The Morgan fingerprint density at radius 2 is 2.14 bits per heavy atom. The molecule has 1 aromatic rings. The van der Waals surface area contributed by atoms with E-state index in [-0.39, 0.29) is 0 Å². The summed E-state index contributed by atoms with van der Waals surface area (Å²) in [7, 11) is 2.70. The maximum Gasteiger partial charge on any atom is 0.135 e. The molecule has 21 heavy (non-hydrogen) atoms. The van der Waals surface area contributed by atoms with Crippen LogP contribution in [0.4, 0.5) is 0 Å². The lowest BCUT2D eigenvalue weighted by Gasteiger charge is -2.17. The highest BCUT2D eigenvalue weighted by Gasteiger charge is 2.21. The van der Waals surface area contributed by atoms with E-state index in [0.717, 1.165) is 29.6 Å². The molecule has 0 radical (unpaired) electrons. The van der Waals surface area contributed by atoms with Crippen LogP contribution in [0, 0.1) is 0 Å². The Bertz CT molecular complexity index is 525. The Labute approximate surface area is 129 Å². The van der Waals surface area contributed by atoms with Gasteiger partial charge in [-0.1, -0.05) is 30.5 Å². The first-order valence-electron chi connectivity index (χ1n) is 6.19. The molecular weight excluding hydrogens is 286 g/mol. The summed E-state index contributed by atoms with van der Waals surface area (Å²) in [4.78, 5) is 23.3. The molecule has 0 aliphatic heterocycles. The Morgan fingerprint density at radius 1 is 1.48 bits per heavy atom. The lowest BCUT2D eigenvalue weighted by Crippen LogP contribution is -2.16. The number of aromatic nitrogens is 2. The molecule has 0 aliphatic rings. The Kier molecular flexibility index (Phi) is 9.16. The van der Waals surface area contributed by atoms with Crippen LogP contribution in [0.1, 0.15) is 19.4 Å². The second-order valence-electron chi connectivity index (χ2n) is 4.31. The lowest BCUT2D eigenvalue weighted by atomic mass is 10.1. The van der Waals surface area contributed by atoms with Crippen LogP contribution in [0.3, 0.4) is 0 Å². The fourth-order valence-electron chi connectivity index (χ4n) is 1.34. The molecule has 1 aromatic heterocycles. The molecule has 0 atom stereocenters. The maximum absolute atomic E-state index is 11.0. The van der Waals surface area contributed by atoms with E-state index in [4.69, 9.17) is 5.11 Å². The normalized spacial score (nSPS) is 11.8. The van der Waals surface area contributed by atoms with E-state index in [1.165, 1.54) is 18.1 Å². The van der Waals surface area contributed by atoms with Crippen molar-refractivity contribution in [2.75, 3.05) is 14.2 Å². The minimum absolute atomic E-state index is 0.536. The van der Waals surface area contributed by atoms with Gasteiger partial charge in [0.2, 0.25) is 0 Å². The SMILES string of the molecule is C=C/C=C(\C=NC)c1cncnc1SC(C)(C)C=O.CO. The summed E-state index contributed by atoms with van der Waals surface area (Å²) in [5.74, 6) is 0. The van der Waals surface area contributed by atoms with Crippen molar-refractivity contribution in [3.8, 4) is 0 Å². The van der Waals surface area contributed by atoms with Crippen LogP contribution in [-0.2, 0) is 4.79 Å². The average Bonchev–Trinajstić information content (AvgIpc) is 2.49. The summed E-state index contributed by atoms with van der Waals surface area (Å²) in [6.45, 7) is 7.38. The third-order valence-electron chi connectivity index (χ3n) is 2.20. The number of aldehydes is 1. The molecule has 6 heteroatoms. The average molecular weight is 307 g/mol. The smallest absolute Gasteiger partial charge is 0.135 e. The lowest BCUT2D eigenvalue weighted by molar-refractivity contribution is -0.109. The first-order valence-corrected chi connectivity index (χ1v) is 7.01. The van der Waals surface area contributed by atoms with Gasteiger partial charge in [0.15, 0.2) is 0 Å². The van der Waals surface area contributed by atoms with Crippen LogP contribution >= 0.6 is 11.8 Å². The van der Waals surface area contributed by atoms with Crippen molar-refractivity contribution in [1.82, 2.24) is 9.97 Å². The first-order chi connectivity index (χ1) is 10.0. The van der Waals surface area contributed by atoms with Gasteiger partial charge in [-0.25, -0.2) is 9.97 Å². The molecule has 1 N–H and O–H groups in total. The third-order valence-corrected chi connectivity index (χ3v) is 3.34. The zero-order valence-electron chi connectivity index (χ0n) is 12.8. The van der Waals surface area contributed by atoms with Crippen molar-refractivity contribution in [2.45, 2.75) is 23.6 Å². The number of rotatable bonds is 6. The van der Waals surface area contributed by atoms with Gasteiger partial charge in [-0.15, -0.1) is 0 Å². The molecule has 0 unspecified atom stereocenters. The maximum atomic E-state index is 11.0. The predicted molar refractivity (Wildman–Crippen MR) is 88.8 cm³/mol. The first kappa shape index (κ1) is 19.2. The highest BCUT2D eigenvalue weighted by molar-refractivity contribution is 8.01. The summed E-state index contributed by atoms with van der Waals surface area (Å²) in [6, 6.07) is 0. The number of aliphatic imine (C=N–C) groups is 1. The number of thioether (sulfide) groups is 1. The fraction of sp³-hybridized carbons (Fsp3) is 0.333. The van der Waals surface area contributed by atoms with Crippen molar-refractivity contribution >= 4 is 29.8 Å². The zero-order valence-corrected chi connectivity index (χ0v) is 13.6. The summed E-state index contributed by atoms with van der Waals surface area (Å²) in [5, 5.41) is 7.75. The molecule has 0 amide bonds. The van der Waals surface area contributed by atoms with E-state index in [0.29, 0.717) is 0 Å². The van der Waals surface area contributed by atoms with Crippen molar-refractivity contribution in [3.05, 3.63) is 36.8 Å². The fourth-order valence-corrected chi connectivity index (χ4v) is 2.27. The highest BCUT2D eigenvalue weighted by atomic mass is 32.2. The summed E-state index contributed by atoms with van der Waals surface area (Å²) >= 11 is 1.40. The van der Waals surface area contributed by atoms with Crippen LogP contribution in [0.5, 0.6) is 0 Å². The zero-order chi connectivity index (χ0) is 16.3. The van der Waals surface area contributed by atoms with Crippen molar-refractivity contribution in [2.24, 2.45) is 4.99 Å². The molecule has 1 rings (SSSR count). The van der Waals surface area contributed by atoms with E-state index < -0.39 is 4.75 Å². The van der Waals surface area contributed by atoms with Gasteiger partial charge in [0.1, 0.15) is 17.6 Å². The molecule has 0 saturated carbocycles. The van der Waals surface area contributed by atoms with E-state index in [1.807, 2.05) is 19.9 Å². The summed E-state index contributed by atoms with van der Waals surface area (Å²) in [5.41, 5.74) is 1.70. The van der Waals surface area contributed by atoms with Gasteiger partial charge in [0.25, 0.3) is 0 Å². The largest absolute Gasteiger partial charge is 0.400 e. The second-order valence-corrected chi connectivity index (χ2v) is 5.95. The van der Waals surface area contributed by atoms with Crippen molar-refractivity contribution in [1.29, 1.82) is 0 Å². The number of aliphatic hydroxyl groups excluding tert-OH is 1. The van der Waals surface area contributed by atoms with E-state index >= 15 is 0 Å². The number of allylic oxidation sites excluding steroid dienone is 3. The molecular formula is C15H21N3O2S. The quantitative estimate of drug-likeness (QED) is 0.287. The molecule has 5 nitrogen and oxygen atoms in total. The number of carbonyl (C=O) groups excluding carboxylic acids is 1. The summed E-state index contributed by atoms with van der Waals surface area (Å²) < 4.78 is -0.536. The number of aliphatic hydroxyl groups is 1. The van der Waals surface area contributed by atoms with Crippen LogP contribution in [-0.4, -0.2) is 46.5 Å². The molecule has 0 saturated heterocycles. The molecule has 1 heterocycles. The predicted octanol–water partition coefficient (Wildman–Crippen LogP) is 2.42. The second kappa shape index (κ2) is 10.0. The van der Waals surface area contributed by atoms with Gasteiger partial charge < -0.3 is 9.90 Å². The minimum atomic E-state index is -0.536. The van der Waals surface area contributed by atoms with Gasteiger partial charge in [-0.2, -0.15) is 0 Å². The van der Waals surface area contributed by atoms with Crippen LogP contribution in [0.2, 0.25) is 0 Å². The molecule has 0 bridgehead atoms. The summed E-state index contributed by atoms with van der Waals surface area (Å²) in [6.07, 6.45) is 9.34. The van der Waals surface area contributed by atoms with Gasteiger partial charge in [0, 0.05) is 37.7 Å². The topological polar surface area (TPSA) is 75.4 Å². The van der Waals surface area contributed by atoms with Crippen LogP contribution in [0.25, 0.3) is 5.57 Å².